The van der Waals surface area contributed by atoms with Crippen molar-refractivity contribution in [3.8, 4) is 0 Å². The summed E-state index contributed by atoms with van der Waals surface area (Å²) in [6.07, 6.45) is 5.43. The molecular weight excluding hydrogens is 250 g/mol. The average Bonchev–Trinajstić information content (AvgIpc) is 2.50. The third kappa shape index (κ3) is 4.85. The van der Waals surface area contributed by atoms with E-state index >= 15 is 0 Å². The van der Waals surface area contributed by atoms with Gasteiger partial charge in [0.2, 0.25) is 0 Å². The fourth-order valence-electron chi connectivity index (χ4n) is 2.57. The van der Waals surface area contributed by atoms with Gasteiger partial charge in [-0.3, -0.25) is 9.88 Å². The zero-order valence-electron chi connectivity index (χ0n) is 12.8. The molecule has 0 bridgehead atoms. The van der Waals surface area contributed by atoms with Crippen molar-refractivity contribution < 1.29 is 4.74 Å². The van der Waals surface area contributed by atoms with Crippen LogP contribution in [-0.2, 0) is 17.8 Å². The lowest BCUT2D eigenvalue weighted by Crippen LogP contribution is -2.36. The highest BCUT2D eigenvalue weighted by molar-refractivity contribution is 5.14. The Morgan fingerprint density at radius 3 is 2.80 bits per heavy atom. The Labute approximate surface area is 122 Å². The van der Waals surface area contributed by atoms with Crippen molar-refractivity contribution in [1.29, 1.82) is 0 Å². The molecule has 2 rings (SSSR count). The molecule has 2 heterocycles. The van der Waals surface area contributed by atoms with Crippen molar-refractivity contribution in [3.05, 3.63) is 29.6 Å². The van der Waals surface area contributed by atoms with Crippen LogP contribution in [0.25, 0.3) is 0 Å². The second-order valence-electron chi connectivity index (χ2n) is 5.59. The van der Waals surface area contributed by atoms with Gasteiger partial charge in [-0.2, -0.15) is 0 Å². The van der Waals surface area contributed by atoms with E-state index in [1.165, 1.54) is 12.0 Å². The molecule has 0 aliphatic carbocycles. The SMILES string of the molecule is CCCNCc1ccc(CN(C)C2CCOCC2)nc1. The maximum Gasteiger partial charge on any atom is 0.0544 e. The molecule has 4 heteroatoms. The minimum absolute atomic E-state index is 0.636. The summed E-state index contributed by atoms with van der Waals surface area (Å²) >= 11 is 0. The molecule has 1 N–H and O–H groups in total. The van der Waals surface area contributed by atoms with Gasteiger partial charge < -0.3 is 10.1 Å². The summed E-state index contributed by atoms with van der Waals surface area (Å²) in [5.74, 6) is 0. The number of pyridine rings is 1. The van der Waals surface area contributed by atoms with Crippen LogP contribution < -0.4 is 5.32 Å². The van der Waals surface area contributed by atoms with Crippen LogP contribution in [-0.4, -0.2) is 42.7 Å². The monoisotopic (exact) mass is 277 g/mol. The second-order valence-corrected chi connectivity index (χ2v) is 5.59. The molecule has 0 amide bonds. The van der Waals surface area contributed by atoms with Crippen LogP contribution in [0.5, 0.6) is 0 Å². The molecule has 1 aliphatic rings. The van der Waals surface area contributed by atoms with Crippen LogP contribution >= 0.6 is 0 Å². The Morgan fingerprint density at radius 2 is 2.15 bits per heavy atom. The number of hydrogen-bond donors (Lipinski definition) is 1. The van der Waals surface area contributed by atoms with Crippen LogP contribution in [0.1, 0.15) is 37.4 Å². The first kappa shape index (κ1) is 15.4. The van der Waals surface area contributed by atoms with Crippen molar-refractivity contribution in [2.24, 2.45) is 0 Å². The minimum atomic E-state index is 0.636. The van der Waals surface area contributed by atoms with Gasteiger partial charge in [0.25, 0.3) is 0 Å². The van der Waals surface area contributed by atoms with Crippen LogP contribution in [0.2, 0.25) is 0 Å². The normalized spacial score (nSPS) is 16.8. The first-order chi connectivity index (χ1) is 9.79. The summed E-state index contributed by atoms with van der Waals surface area (Å²) in [6, 6.07) is 4.97. The Kier molecular flexibility index (Phi) is 6.43. The van der Waals surface area contributed by atoms with E-state index in [9.17, 15) is 0 Å². The van der Waals surface area contributed by atoms with Gasteiger partial charge in [-0.1, -0.05) is 13.0 Å². The van der Waals surface area contributed by atoms with Crippen LogP contribution in [0, 0.1) is 0 Å². The number of aromatic nitrogens is 1. The van der Waals surface area contributed by atoms with Crippen LogP contribution in [0.15, 0.2) is 18.3 Å². The number of hydrogen-bond acceptors (Lipinski definition) is 4. The van der Waals surface area contributed by atoms with E-state index in [4.69, 9.17) is 4.74 Å². The fraction of sp³-hybridized carbons (Fsp3) is 0.688. The standard InChI is InChI=1S/C16H27N3O/c1-3-8-17-11-14-4-5-15(18-12-14)13-19(2)16-6-9-20-10-7-16/h4-5,12,16-17H,3,6-11,13H2,1-2H3. The molecule has 1 fully saturated rings. The third-order valence-corrected chi connectivity index (χ3v) is 3.87. The van der Waals surface area contributed by atoms with Gasteiger partial charge in [0, 0.05) is 38.5 Å². The zero-order chi connectivity index (χ0) is 14.2. The lowest BCUT2D eigenvalue weighted by atomic mass is 10.1. The van der Waals surface area contributed by atoms with Crippen molar-refractivity contribution in [1.82, 2.24) is 15.2 Å². The molecule has 0 saturated carbocycles. The van der Waals surface area contributed by atoms with Gasteiger partial charge >= 0.3 is 0 Å². The molecule has 0 unspecified atom stereocenters. The van der Waals surface area contributed by atoms with E-state index in [2.05, 4.69) is 41.3 Å². The van der Waals surface area contributed by atoms with Crippen LogP contribution in [0.3, 0.4) is 0 Å². The van der Waals surface area contributed by atoms with Crippen molar-refractivity contribution in [2.75, 3.05) is 26.8 Å². The van der Waals surface area contributed by atoms with Gasteiger partial charge in [0.05, 0.1) is 5.69 Å². The molecular formula is C16H27N3O. The van der Waals surface area contributed by atoms with Gasteiger partial charge in [0.15, 0.2) is 0 Å². The Balaban J connectivity index is 1.80. The number of nitrogens with one attached hydrogen (secondary N) is 1. The summed E-state index contributed by atoms with van der Waals surface area (Å²) in [6.45, 7) is 6.87. The molecule has 1 aromatic rings. The lowest BCUT2D eigenvalue weighted by Gasteiger charge is -2.30. The first-order valence-corrected chi connectivity index (χ1v) is 7.72. The number of nitrogens with zero attached hydrogens (tertiary/aromatic N) is 2. The molecule has 0 radical (unpaired) electrons. The molecule has 1 aromatic heterocycles. The summed E-state index contributed by atoms with van der Waals surface area (Å²) < 4.78 is 5.41. The molecule has 20 heavy (non-hydrogen) atoms. The zero-order valence-corrected chi connectivity index (χ0v) is 12.8. The highest BCUT2D eigenvalue weighted by Gasteiger charge is 2.18. The molecule has 112 valence electrons. The Bertz CT molecular complexity index is 374. The van der Waals surface area contributed by atoms with E-state index in [1.807, 2.05) is 6.20 Å². The topological polar surface area (TPSA) is 37.4 Å². The Hall–Kier alpha value is -0.970. The van der Waals surface area contributed by atoms with Gasteiger partial charge in [-0.05, 0) is 44.5 Å². The summed E-state index contributed by atoms with van der Waals surface area (Å²) in [4.78, 5) is 6.98. The Morgan fingerprint density at radius 1 is 1.35 bits per heavy atom. The maximum atomic E-state index is 5.41. The predicted octanol–water partition coefficient (Wildman–Crippen LogP) is 2.19. The molecule has 0 atom stereocenters. The van der Waals surface area contributed by atoms with E-state index in [0.717, 1.165) is 51.4 Å². The van der Waals surface area contributed by atoms with E-state index in [-0.39, 0.29) is 0 Å². The molecule has 0 spiro atoms. The third-order valence-electron chi connectivity index (χ3n) is 3.87. The quantitative estimate of drug-likeness (QED) is 0.775. The van der Waals surface area contributed by atoms with E-state index in [0.29, 0.717) is 6.04 Å². The van der Waals surface area contributed by atoms with E-state index in [1.54, 1.807) is 0 Å². The highest BCUT2D eigenvalue weighted by Crippen LogP contribution is 2.15. The number of rotatable bonds is 7. The first-order valence-electron chi connectivity index (χ1n) is 7.72. The minimum Gasteiger partial charge on any atom is -0.381 e. The average molecular weight is 277 g/mol. The number of ether oxygens (including phenoxy) is 1. The molecule has 0 aromatic carbocycles. The largest absolute Gasteiger partial charge is 0.381 e. The van der Waals surface area contributed by atoms with Gasteiger partial charge in [-0.15, -0.1) is 0 Å². The van der Waals surface area contributed by atoms with Crippen molar-refractivity contribution >= 4 is 0 Å². The van der Waals surface area contributed by atoms with Gasteiger partial charge in [-0.25, -0.2) is 0 Å². The van der Waals surface area contributed by atoms with Crippen molar-refractivity contribution in [2.45, 2.75) is 45.3 Å². The van der Waals surface area contributed by atoms with E-state index < -0.39 is 0 Å². The summed E-state index contributed by atoms with van der Waals surface area (Å²) in [5.41, 5.74) is 2.41. The molecule has 4 nitrogen and oxygen atoms in total. The summed E-state index contributed by atoms with van der Waals surface area (Å²) in [5, 5.41) is 3.40. The second kappa shape index (κ2) is 8.35. The lowest BCUT2D eigenvalue weighted by molar-refractivity contribution is 0.0403. The predicted molar refractivity (Wildman–Crippen MR) is 81.5 cm³/mol. The van der Waals surface area contributed by atoms with Crippen LogP contribution in [0.4, 0.5) is 0 Å². The van der Waals surface area contributed by atoms with Crippen molar-refractivity contribution in [3.63, 3.8) is 0 Å². The molecule has 1 aliphatic heterocycles. The molecule has 1 saturated heterocycles. The smallest absolute Gasteiger partial charge is 0.0544 e. The summed E-state index contributed by atoms with van der Waals surface area (Å²) in [7, 11) is 2.19. The fourth-order valence-corrected chi connectivity index (χ4v) is 2.57. The maximum absolute atomic E-state index is 5.41. The highest BCUT2D eigenvalue weighted by atomic mass is 16.5. The van der Waals surface area contributed by atoms with Gasteiger partial charge in [0.1, 0.15) is 0 Å².